The molecular weight excluding hydrogens is 1920 g/mol. The van der Waals surface area contributed by atoms with Crippen molar-refractivity contribution in [2.24, 2.45) is 5.73 Å². The number of methoxy groups -OCH3 is 5. The van der Waals surface area contributed by atoms with Crippen LogP contribution >= 0.6 is 0 Å². The zero-order valence-corrected chi connectivity index (χ0v) is 87.8. The highest BCUT2D eigenvalue weighted by atomic mass is 19.1. The highest BCUT2D eigenvalue weighted by molar-refractivity contribution is 5.99. The van der Waals surface area contributed by atoms with E-state index in [1.165, 1.54) is 59.6 Å². The number of amides is 1. The molecule has 0 fully saturated rings. The van der Waals surface area contributed by atoms with Gasteiger partial charge in [-0.05, 0) is 242 Å². The summed E-state index contributed by atoms with van der Waals surface area (Å²) < 4.78 is 51.5. The normalized spacial score (nSPS) is 9.95. The molecule has 0 saturated carbocycles. The first-order valence-corrected chi connectivity index (χ1v) is 45.1. The van der Waals surface area contributed by atoms with Crippen molar-refractivity contribution in [3.8, 4) is 40.9 Å². The molecule has 1 aliphatic rings. The fraction of sp³-hybridized carbons (Fsp3) is 0.265. The van der Waals surface area contributed by atoms with Crippen LogP contribution in [0.1, 0.15) is 109 Å². The molecule has 0 spiro atoms. The number of ether oxygens (including phenoxy) is 6. The van der Waals surface area contributed by atoms with Crippen molar-refractivity contribution in [1.82, 2.24) is 38.8 Å². The number of nitrogens with zero attached hydrogens (tertiary/aromatic N) is 12. The predicted molar refractivity (Wildman–Crippen MR) is 570 cm³/mol. The van der Waals surface area contributed by atoms with Crippen LogP contribution in [0.15, 0.2) is 243 Å². The first kappa shape index (κ1) is 130. The minimum absolute atomic E-state index is 0.0463. The second-order valence-electron chi connectivity index (χ2n) is 32.5. The number of hydrogen-bond acceptors (Lipinski definition) is 31. The lowest BCUT2D eigenvalue weighted by atomic mass is 9.93. The second kappa shape index (κ2) is 74.5. The molecule has 36 nitrogen and oxygen atoms in total. The van der Waals surface area contributed by atoms with Gasteiger partial charge in [-0.3, -0.25) is 29.8 Å². The molecule has 9 aromatic carbocycles. The molecule has 15 rings (SSSR count). The van der Waals surface area contributed by atoms with Gasteiger partial charge in [-0.2, -0.15) is 58.5 Å². The molecule has 0 atom stereocenters. The van der Waals surface area contributed by atoms with Gasteiger partial charge >= 0.3 is 30.8 Å². The number of nitrogen functional groups attached to an aromatic ring is 2. The molecule has 0 bridgehead atoms. The highest BCUT2D eigenvalue weighted by Crippen LogP contribution is 2.30. The van der Waals surface area contributed by atoms with Crippen LogP contribution < -0.4 is 57.2 Å². The number of aliphatic hydroxyl groups excluding tert-OH is 1. The fourth-order valence-corrected chi connectivity index (χ4v) is 13.6. The number of pyridine rings is 5. The van der Waals surface area contributed by atoms with Crippen molar-refractivity contribution in [2.45, 2.75) is 113 Å². The van der Waals surface area contributed by atoms with Crippen LogP contribution in [-0.2, 0) is 90.0 Å². The van der Waals surface area contributed by atoms with Crippen molar-refractivity contribution in [3.63, 3.8) is 0 Å². The molecule has 5 heterocycles. The molecule has 1 amide bonds. The third-order valence-electron chi connectivity index (χ3n) is 20.4. The molecule has 0 aliphatic heterocycles. The Morgan fingerprint density at radius 1 is 0.527 bits per heavy atom. The van der Waals surface area contributed by atoms with E-state index in [4.69, 9.17) is 135 Å². The van der Waals surface area contributed by atoms with Gasteiger partial charge in [0.2, 0.25) is 5.91 Å². The number of nitrogens with two attached hydrogens (primary N) is 3. The lowest BCUT2D eigenvalue weighted by molar-refractivity contribution is -0.193. The number of rotatable bonds is 16. The number of benzene rings is 9. The quantitative estimate of drug-likeness (QED) is 0.0349. The van der Waals surface area contributed by atoms with E-state index in [2.05, 4.69) is 88.0 Å². The molecule has 14 aromatic rings. The van der Waals surface area contributed by atoms with Crippen molar-refractivity contribution in [1.29, 1.82) is 21.3 Å². The van der Waals surface area contributed by atoms with Gasteiger partial charge in [-0.15, -0.1) is 0 Å². The zero-order valence-electron chi connectivity index (χ0n) is 88.8. The average Bonchev–Trinajstić information content (AvgIpc) is 0.806. The first-order chi connectivity index (χ1) is 72.2. The minimum Gasteiger partial charge on any atom is -0.497 e. The largest absolute Gasteiger partial charge is 0.497 e. The maximum absolute atomic E-state index is 11.0. The third kappa shape index (κ3) is 47.8. The van der Waals surface area contributed by atoms with Gasteiger partial charge in [0.05, 0.1) is 99.2 Å². The first-order valence-electron chi connectivity index (χ1n) is 45.8. The van der Waals surface area contributed by atoms with E-state index in [1.54, 1.807) is 90.5 Å². The Kier molecular flexibility index (Phi) is 64.3. The second-order valence-corrected chi connectivity index (χ2v) is 32.5. The van der Waals surface area contributed by atoms with Crippen molar-refractivity contribution >= 4 is 115 Å². The van der Waals surface area contributed by atoms with E-state index in [1.807, 2.05) is 263 Å². The van der Waals surface area contributed by atoms with Gasteiger partial charge in [0, 0.05) is 110 Å². The van der Waals surface area contributed by atoms with Crippen LogP contribution in [0.5, 0.6) is 28.7 Å². The number of nitriles is 2. The van der Waals surface area contributed by atoms with Crippen LogP contribution in [0.4, 0.5) is 33.2 Å². The third-order valence-corrected chi connectivity index (χ3v) is 20.4. The maximum atomic E-state index is 11.0. The number of fused-ring (bicyclic) bond motifs is 5. The van der Waals surface area contributed by atoms with Crippen LogP contribution in [0.25, 0.3) is 58.9 Å². The topological polar surface area (TPSA) is 516 Å². The van der Waals surface area contributed by atoms with Gasteiger partial charge in [0.1, 0.15) is 57.2 Å². The number of aliphatic hydroxyl groups is 1. The summed E-state index contributed by atoms with van der Waals surface area (Å²) in [6.45, 7) is 31.0. The van der Waals surface area contributed by atoms with Crippen LogP contribution in [-0.4, -0.2) is 185 Å². The Labute approximate surface area is 874 Å². The number of halogens is 1. The van der Waals surface area contributed by atoms with Gasteiger partial charge in [0.25, 0.3) is 0 Å². The summed E-state index contributed by atoms with van der Waals surface area (Å²) in [4.78, 5) is 117. The molecule has 150 heavy (non-hydrogen) atoms. The maximum Gasteiger partial charge on any atom is 0.373 e. The van der Waals surface area contributed by atoms with Crippen molar-refractivity contribution < 1.29 is 92.0 Å². The number of aromatic nitrogens is 5. The van der Waals surface area contributed by atoms with Gasteiger partial charge in [0.15, 0.2) is 17.7 Å². The Balaban J connectivity index is 0.00000166. The lowest BCUT2D eigenvalue weighted by Crippen LogP contribution is -2.46. The number of alkyl halides is 1. The molecule has 786 valence electrons. The Morgan fingerprint density at radius 2 is 0.940 bits per heavy atom. The number of aryl methyl sites for hydroxylation is 5. The molecule has 5 aromatic heterocycles. The SMILES string of the molecule is CC(=O)Nc1nccc2cc(C)ccc12.CN(C)C(OC(C)(C)C)N(C)C.CO.COc1ccc(CN)c(C)c1.COc1ccc(Cn2ccc3cc(C)ccc3c2=N)c(OC)c1.COc1ccc(Cn2ccc3ccccc3c2=N)c(OC)c1.Nc1nccc2c1CCCC2.Nc1nccc2ccccc12.O=C=O.O=C=O.O=C=O.O=C=O.O=C=O.[2H]CF.[C-]#[N+]c1ccc(C#N)c(/C=C/N(C)C)c1.[C-]#[N+]c1ccc(C#N)c(C)c1. The molecule has 0 saturated heterocycles. The molecule has 1 aliphatic carbocycles. The lowest BCUT2D eigenvalue weighted by Gasteiger charge is -2.35. The number of hydrogen-bond donors (Lipinski definition) is 7. The molecule has 10 N–H and O–H groups in total. The van der Waals surface area contributed by atoms with Crippen LogP contribution in [0.3, 0.4) is 0 Å². The Morgan fingerprint density at radius 3 is 1.37 bits per heavy atom. The highest BCUT2D eigenvalue weighted by Gasteiger charge is 2.22. The Hall–Kier alpha value is -18.4. The number of carbonyl (C=O) groups excluding carboxylic acids is 11. The average molecular weight is 2050 g/mol. The number of anilines is 3. The van der Waals surface area contributed by atoms with E-state index in [-0.39, 0.29) is 48.6 Å². The molecule has 0 radical (unpaired) electrons. The van der Waals surface area contributed by atoms with Gasteiger partial charge < -0.3 is 70.1 Å². The minimum atomic E-state index is -1.00. The summed E-state index contributed by atoms with van der Waals surface area (Å²) >= 11 is 0. The smallest absolute Gasteiger partial charge is 0.373 e. The van der Waals surface area contributed by atoms with Gasteiger partial charge in [-0.25, -0.2) is 24.6 Å². The van der Waals surface area contributed by atoms with E-state index in [9.17, 15) is 9.18 Å². The van der Waals surface area contributed by atoms with Crippen molar-refractivity contribution in [2.75, 3.05) is 109 Å². The summed E-state index contributed by atoms with van der Waals surface area (Å²) in [5, 5.41) is 52.3. The summed E-state index contributed by atoms with van der Waals surface area (Å²) in [5.41, 5.74) is 31.2. The molecular formula is C113H129FN18O18. The predicted octanol–water partition coefficient (Wildman–Crippen LogP) is 17.5. The molecule has 0 unspecified atom stereocenters. The van der Waals surface area contributed by atoms with E-state index in [0.29, 0.717) is 64.7 Å². The summed E-state index contributed by atoms with van der Waals surface area (Å²) in [6, 6.07) is 69.7. The Bertz CT molecular complexity index is 7060. The van der Waals surface area contributed by atoms with Crippen LogP contribution in [0, 0.1) is 74.3 Å². The fourth-order valence-electron chi connectivity index (χ4n) is 13.6. The standard InChI is InChI=1S/C19H20N2O2.C18H18N2O2.C12H11N3.C12H12N2O.C9H22N2O.C9H12N2.C9H8N2.C9H6N2.C9H13NO.CH3F.5CO2.CH4O/c1-13-4-7-17-14(10-13)8-9-21(19(17)20)12-15-5-6-16(22-2)11-18(15)23-3;1-21-15-8-7-14(17(11-15)22-2)12-20-10-9-13-5-3-4-6-16(13)18(20)19;1-14-12-5-4-11(9-13)10(8-12)6-7-15(2)3;1-8-3-4-11-10(7-8)5-6-13-12(11)14-9(2)15;1-9(2,3)12-8(10(4)5)11(6)7;2*10-9-8-4-2-1-3-7(8)5-6-11-9;2*1-7-5-9(11-2)4-3-8(7)6-10;1-2;5*2-1-3;1-2/h4-11,20H,12H2,1-3H3;3-11,19H,12H2,1-2H3;4-8H,2-3H3;3-7H,1-2H3,(H,13,14,15);8H,1-7H3;5-6H,1-4H2,(H2,10,11);1-6H,(H2,10,11);3-5H,1H3;3-5H,6,10H2,1-2H3;1H3;;;;;;2H,1H3/b;;7-6+;;;;;;;;;;;;;/i;;;;;;;;;1D;;;;;;. The van der Waals surface area contributed by atoms with Crippen LogP contribution in [0.2, 0.25) is 0 Å². The zero-order chi connectivity index (χ0) is 114. The number of nitrogens with one attached hydrogen (secondary N) is 3. The van der Waals surface area contributed by atoms with Gasteiger partial charge in [-0.1, -0.05) is 132 Å². The van der Waals surface area contributed by atoms with Crippen molar-refractivity contribution in [3.05, 3.63) is 344 Å². The molecule has 37 heteroatoms. The van der Waals surface area contributed by atoms with E-state index >= 15 is 0 Å². The van der Waals surface area contributed by atoms with E-state index < -0.39 is 7.15 Å². The summed E-state index contributed by atoms with van der Waals surface area (Å²) in [6.07, 6.45) is 19.0. The van der Waals surface area contributed by atoms with E-state index in [0.717, 1.165) is 113 Å². The summed E-state index contributed by atoms with van der Waals surface area (Å²) in [5.74, 6) is 5.80. The monoisotopic (exact) mass is 2050 g/mol. The number of carbonyl (C=O) groups is 1. The summed E-state index contributed by atoms with van der Waals surface area (Å²) in [7, 11) is 20.1.